The summed E-state index contributed by atoms with van der Waals surface area (Å²) in [6.07, 6.45) is 8.99. The molecule has 4 rings (SSSR count). The van der Waals surface area contributed by atoms with E-state index in [2.05, 4.69) is 30.8 Å². The first kappa shape index (κ1) is 16.4. The van der Waals surface area contributed by atoms with Crippen molar-refractivity contribution >= 4 is 5.91 Å². The summed E-state index contributed by atoms with van der Waals surface area (Å²) in [7, 11) is 0. The molecule has 1 fully saturated rings. The lowest BCUT2D eigenvalue weighted by Crippen LogP contribution is -2.24. The summed E-state index contributed by atoms with van der Waals surface area (Å²) in [6.45, 7) is 0.246. The topological polar surface area (TPSA) is 122 Å². The molecular formula is C17H19N7O2. The van der Waals surface area contributed by atoms with Crippen molar-refractivity contribution < 1.29 is 9.90 Å². The van der Waals surface area contributed by atoms with Gasteiger partial charge in [-0.25, -0.2) is 4.68 Å². The number of pyridine rings is 1. The largest absolute Gasteiger partial charge is 0.391 e. The minimum absolute atomic E-state index is 0.0298. The number of aromatic amines is 1. The van der Waals surface area contributed by atoms with Gasteiger partial charge in [0.15, 0.2) is 0 Å². The van der Waals surface area contributed by atoms with Crippen LogP contribution in [0.2, 0.25) is 0 Å². The molecule has 0 bridgehead atoms. The maximum Gasteiger partial charge on any atom is 0.270 e. The summed E-state index contributed by atoms with van der Waals surface area (Å²) in [6, 6.07) is 3.61. The molecule has 3 N–H and O–H groups in total. The molecular weight excluding hydrogens is 334 g/mol. The van der Waals surface area contributed by atoms with E-state index in [0.717, 1.165) is 24.8 Å². The Morgan fingerprint density at radius 3 is 2.96 bits per heavy atom. The molecule has 1 aliphatic carbocycles. The molecule has 0 aromatic carbocycles. The molecule has 2 atom stereocenters. The molecule has 1 amide bonds. The zero-order valence-electron chi connectivity index (χ0n) is 14.0. The van der Waals surface area contributed by atoms with Crippen molar-refractivity contribution in [1.29, 1.82) is 0 Å². The number of nitrogens with one attached hydrogen (secondary N) is 2. The fourth-order valence-corrected chi connectivity index (χ4v) is 3.25. The number of aromatic nitrogens is 6. The third kappa shape index (κ3) is 3.21. The number of rotatable bonds is 5. The van der Waals surface area contributed by atoms with E-state index in [-0.39, 0.29) is 24.6 Å². The minimum atomic E-state index is -0.382. The number of aliphatic hydroxyl groups is 1. The van der Waals surface area contributed by atoms with Gasteiger partial charge in [0.1, 0.15) is 11.4 Å². The van der Waals surface area contributed by atoms with Crippen LogP contribution in [0, 0.1) is 0 Å². The van der Waals surface area contributed by atoms with Crippen LogP contribution in [0.3, 0.4) is 0 Å². The van der Waals surface area contributed by atoms with Crippen LogP contribution in [0.1, 0.15) is 41.5 Å². The van der Waals surface area contributed by atoms with E-state index < -0.39 is 0 Å². The van der Waals surface area contributed by atoms with Crippen molar-refractivity contribution in [3.8, 4) is 11.1 Å². The predicted molar refractivity (Wildman–Crippen MR) is 91.9 cm³/mol. The fourth-order valence-electron chi connectivity index (χ4n) is 3.25. The highest BCUT2D eigenvalue weighted by Gasteiger charge is 2.27. The van der Waals surface area contributed by atoms with Gasteiger partial charge in [-0.3, -0.25) is 14.9 Å². The highest BCUT2D eigenvalue weighted by atomic mass is 16.3. The van der Waals surface area contributed by atoms with Crippen LogP contribution in [-0.4, -0.2) is 47.3 Å². The Labute approximate surface area is 149 Å². The standard InChI is InChI=1S/C17H19N7O2/c25-15-3-1-2-14(15)24-10-12(21-23-24)8-19-17(26)16-13(9-20-22-16)11-4-6-18-7-5-11/h4-7,9-10,14-15,25H,1-3,8H2,(H,19,26)(H,20,22)/t14-,15-/m0/s1. The van der Waals surface area contributed by atoms with Crippen molar-refractivity contribution in [1.82, 2.24) is 35.5 Å². The molecule has 3 heterocycles. The summed E-state index contributed by atoms with van der Waals surface area (Å²) in [5, 5.41) is 27.7. The minimum Gasteiger partial charge on any atom is -0.391 e. The highest BCUT2D eigenvalue weighted by Crippen LogP contribution is 2.29. The van der Waals surface area contributed by atoms with Gasteiger partial charge in [0, 0.05) is 18.0 Å². The first-order valence-corrected chi connectivity index (χ1v) is 8.53. The van der Waals surface area contributed by atoms with Crippen LogP contribution in [0.5, 0.6) is 0 Å². The zero-order valence-corrected chi connectivity index (χ0v) is 14.0. The van der Waals surface area contributed by atoms with Crippen LogP contribution in [-0.2, 0) is 6.54 Å². The van der Waals surface area contributed by atoms with Crippen LogP contribution in [0.15, 0.2) is 36.9 Å². The molecule has 3 aromatic heterocycles. The van der Waals surface area contributed by atoms with Crippen molar-refractivity contribution in [2.45, 2.75) is 38.0 Å². The lowest BCUT2D eigenvalue weighted by atomic mass is 10.1. The molecule has 0 unspecified atom stereocenters. The molecule has 0 saturated heterocycles. The summed E-state index contributed by atoms with van der Waals surface area (Å²) in [4.78, 5) is 16.5. The van der Waals surface area contributed by atoms with Crippen LogP contribution >= 0.6 is 0 Å². The Morgan fingerprint density at radius 1 is 1.35 bits per heavy atom. The molecule has 9 heteroatoms. The van der Waals surface area contributed by atoms with E-state index in [1.807, 2.05) is 12.1 Å². The van der Waals surface area contributed by atoms with Crippen LogP contribution < -0.4 is 5.32 Å². The predicted octanol–water partition coefficient (Wildman–Crippen LogP) is 1.08. The highest BCUT2D eigenvalue weighted by molar-refractivity contribution is 5.98. The lowest BCUT2D eigenvalue weighted by molar-refractivity contribution is 0.0946. The summed E-state index contributed by atoms with van der Waals surface area (Å²) in [5.41, 5.74) is 2.60. The average Bonchev–Trinajstić information content (AvgIpc) is 3.40. The quantitative estimate of drug-likeness (QED) is 0.631. The Hall–Kier alpha value is -3.07. The smallest absolute Gasteiger partial charge is 0.270 e. The molecule has 1 aliphatic rings. The molecule has 26 heavy (non-hydrogen) atoms. The normalized spacial score (nSPS) is 19.6. The number of aliphatic hydroxyl groups excluding tert-OH is 1. The zero-order chi connectivity index (χ0) is 17.9. The number of nitrogens with zero attached hydrogens (tertiary/aromatic N) is 5. The maximum absolute atomic E-state index is 12.5. The second kappa shape index (κ2) is 7.04. The SMILES string of the molecule is O=C(NCc1cn([C@H]2CCC[C@@H]2O)nn1)c1[nH]ncc1-c1ccncc1. The second-order valence-corrected chi connectivity index (χ2v) is 6.33. The van der Waals surface area contributed by atoms with Crippen molar-refractivity contribution in [3.05, 3.63) is 48.3 Å². The number of carbonyl (C=O) groups is 1. The number of H-pyrrole nitrogens is 1. The Kier molecular flexibility index (Phi) is 4.44. The third-order valence-electron chi connectivity index (χ3n) is 4.63. The molecule has 9 nitrogen and oxygen atoms in total. The van der Waals surface area contributed by atoms with E-state index in [9.17, 15) is 9.90 Å². The van der Waals surface area contributed by atoms with Gasteiger partial charge in [-0.15, -0.1) is 5.10 Å². The van der Waals surface area contributed by atoms with Crippen LogP contribution in [0.4, 0.5) is 0 Å². The van der Waals surface area contributed by atoms with Crippen molar-refractivity contribution in [3.63, 3.8) is 0 Å². The molecule has 134 valence electrons. The third-order valence-corrected chi connectivity index (χ3v) is 4.63. The molecule has 3 aromatic rings. The fraction of sp³-hybridized carbons (Fsp3) is 0.353. The second-order valence-electron chi connectivity index (χ2n) is 6.33. The van der Waals surface area contributed by atoms with Crippen molar-refractivity contribution in [2.75, 3.05) is 0 Å². The van der Waals surface area contributed by atoms with Gasteiger partial charge < -0.3 is 10.4 Å². The van der Waals surface area contributed by atoms with Gasteiger partial charge >= 0.3 is 0 Å². The molecule has 0 radical (unpaired) electrons. The Balaban J connectivity index is 1.42. The van der Waals surface area contributed by atoms with Crippen molar-refractivity contribution in [2.24, 2.45) is 0 Å². The van der Waals surface area contributed by atoms with Gasteiger partial charge in [-0.05, 0) is 37.0 Å². The van der Waals surface area contributed by atoms with Crippen LogP contribution in [0.25, 0.3) is 11.1 Å². The molecule has 0 spiro atoms. The van der Waals surface area contributed by atoms with Gasteiger partial charge in [0.25, 0.3) is 5.91 Å². The Morgan fingerprint density at radius 2 is 2.19 bits per heavy atom. The number of hydrogen-bond donors (Lipinski definition) is 3. The van der Waals surface area contributed by atoms with E-state index in [4.69, 9.17) is 0 Å². The summed E-state index contributed by atoms with van der Waals surface area (Å²) >= 11 is 0. The van der Waals surface area contributed by atoms with Gasteiger partial charge in [-0.2, -0.15) is 5.10 Å². The summed E-state index contributed by atoms with van der Waals surface area (Å²) in [5.74, 6) is -0.273. The van der Waals surface area contributed by atoms with E-state index in [1.165, 1.54) is 0 Å². The number of amides is 1. The first-order valence-electron chi connectivity index (χ1n) is 8.53. The maximum atomic E-state index is 12.5. The average molecular weight is 353 g/mol. The van der Waals surface area contributed by atoms with Gasteiger partial charge in [0.05, 0.1) is 31.1 Å². The van der Waals surface area contributed by atoms with E-state index in [0.29, 0.717) is 17.0 Å². The monoisotopic (exact) mass is 353 g/mol. The summed E-state index contributed by atoms with van der Waals surface area (Å²) < 4.78 is 1.69. The first-order chi connectivity index (χ1) is 12.7. The number of carbonyl (C=O) groups excluding carboxylic acids is 1. The molecule has 1 saturated carbocycles. The van der Waals surface area contributed by atoms with Gasteiger partial charge in [-0.1, -0.05) is 5.21 Å². The number of hydrogen-bond acceptors (Lipinski definition) is 6. The Bertz CT molecular complexity index is 889. The molecule has 0 aliphatic heterocycles. The van der Waals surface area contributed by atoms with E-state index in [1.54, 1.807) is 29.5 Å². The van der Waals surface area contributed by atoms with E-state index >= 15 is 0 Å². The lowest BCUT2D eigenvalue weighted by Gasteiger charge is -2.13. The van der Waals surface area contributed by atoms with Gasteiger partial charge in [0.2, 0.25) is 0 Å².